The maximum Gasteiger partial charge on any atom is 0.346 e. The van der Waals surface area contributed by atoms with Crippen LogP contribution in [0.4, 0.5) is 4.39 Å². The molecule has 0 bridgehead atoms. The second kappa shape index (κ2) is 4.55. The molecule has 0 radical (unpaired) electrons. The number of aromatic carboxylic acids is 1. The normalized spacial score (nSPS) is 10.2. The zero-order valence-electron chi connectivity index (χ0n) is 8.94. The Balaban J connectivity index is 2.19. The topological polar surface area (TPSA) is 46.5 Å². The van der Waals surface area contributed by atoms with Crippen molar-refractivity contribution in [2.45, 2.75) is 6.92 Å². The molecule has 0 amide bonds. The predicted molar refractivity (Wildman–Crippen MR) is 62.5 cm³/mol. The van der Waals surface area contributed by atoms with E-state index < -0.39 is 5.97 Å². The van der Waals surface area contributed by atoms with E-state index in [9.17, 15) is 9.18 Å². The van der Waals surface area contributed by atoms with Gasteiger partial charge in [-0.05, 0) is 18.6 Å². The molecule has 3 nitrogen and oxygen atoms in total. The molecule has 0 aliphatic rings. The number of halogens is 1. The molecule has 17 heavy (non-hydrogen) atoms. The Morgan fingerprint density at radius 1 is 1.35 bits per heavy atom. The highest BCUT2D eigenvalue weighted by atomic mass is 32.1. The molecular weight excluding hydrogens is 243 g/mol. The average Bonchev–Trinajstić information content (AvgIpc) is 2.72. The van der Waals surface area contributed by atoms with Gasteiger partial charge in [0.1, 0.15) is 22.2 Å². The van der Waals surface area contributed by atoms with Crippen LogP contribution >= 0.6 is 11.3 Å². The van der Waals surface area contributed by atoms with E-state index in [1.807, 2.05) is 0 Å². The van der Waals surface area contributed by atoms with Crippen molar-refractivity contribution in [2.75, 3.05) is 0 Å². The number of carboxylic acid groups (broad SMARTS) is 1. The lowest BCUT2D eigenvalue weighted by Gasteiger charge is -2.03. The third-order valence-electron chi connectivity index (χ3n) is 2.17. The first kappa shape index (κ1) is 11.6. The maximum absolute atomic E-state index is 13.2. The zero-order valence-corrected chi connectivity index (χ0v) is 9.75. The summed E-state index contributed by atoms with van der Waals surface area (Å²) in [6.45, 7) is 1.66. The van der Waals surface area contributed by atoms with Crippen molar-refractivity contribution in [2.24, 2.45) is 0 Å². The summed E-state index contributed by atoms with van der Waals surface area (Å²) >= 11 is 1.07. The summed E-state index contributed by atoms with van der Waals surface area (Å²) in [6.07, 6.45) is 0. The molecule has 2 rings (SSSR count). The first-order valence-corrected chi connectivity index (χ1v) is 5.70. The van der Waals surface area contributed by atoms with Gasteiger partial charge in [0.2, 0.25) is 0 Å². The lowest BCUT2D eigenvalue weighted by Crippen LogP contribution is -1.90. The van der Waals surface area contributed by atoms with Crippen molar-refractivity contribution in [3.63, 3.8) is 0 Å². The number of hydrogen-bond acceptors (Lipinski definition) is 3. The van der Waals surface area contributed by atoms with Crippen LogP contribution in [0, 0.1) is 12.7 Å². The van der Waals surface area contributed by atoms with E-state index in [1.165, 1.54) is 12.1 Å². The highest BCUT2D eigenvalue weighted by Crippen LogP contribution is 2.27. The van der Waals surface area contributed by atoms with E-state index >= 15 is 0 Å². The molecular formula is C12H9FO3S. The Morgan fingerprint density at radius 3 is 2.71 bits per heavy atom. The maximum atomic E-state index is 13.2. The van der Waals surface area contributed by atoms with Gasteiger partial charge in [-0.25, -0.2) is 9.18 Å². The van der Waals surface area contributed by atoms with Gasteiger partial charge in [-0.15, -0.1) is 11.3 Å². The minimum Gasteiger partial charge on any atom is -0.477 e. The Kier molecular flexibility index (Phi) is 3.10. The Morgan fingerprint density at radius 2 is 2.12 bits per heavy atom. The van der Waals surface area contributed by atoms with Gasteiger partial charge in [-0.3, -0.25) is 0 Å². The molecule has 0 aliphatic carbocycles. The molecule has 0 unspecified atom stereocenters. The van der Waals surface area contributed by atoms with Gasteiger partial charge in [-0.1, -0.05) is 6.07 Å². The van der Waals surface area contributed by atoms with Crippen LogP contribution in [0.1, 0.15) is 15.2 Å². The van der Waals surface area contributed by atoms with Crippen molar-refractivity contribution >= 4 is 17.3 Å². The van der Waals surface area contributed by atoms with Crippen LogP contribution in [0.2, 0.25) is 0 Å². The molecule has 0 aliphatic heterocycles. The van der Waals surface area contributed by atoms with Gasteiger partial charge in [0.25, 0.3) is 0 Å². The van der Waals surface area contributed by atoms with E-state index in [2.05, 4.69) is 0 Å². The van der Waals surface area contributed by atoms with E-state index in [4.69, 9.17) is 9.84 Å². The zero-order chi connectivity index (χ0) is 12.4. The van der Waals surface area contributed by atoms with Gasteiger partial charge in [0.15, 0.2) is 0 Å². The van der Waals surface area contributed by atoms with E-state index in [1.54, 1.807) is 24.4 Å². The van der Waals surface area contributed by atoms with Crippen molar-refractivity contribution in [3.8, 4) is 11.5 Å². The average molecular weight is 252 g/mol. The van der Waals surface area contributed by atoms with Crippen LogP contribution in [0.5, 0.6) is 11.5 Å². The van der Waals surface area contributed by atoms with Crippen LogP contribution in [-0.2, 0) is 0 Å². The molecule has 0 atom stereocenters. The number of carboxylic acids is 1. The van der Waals surface area contributed by atoms with Crippen molar-refractivity contribution in [1.29, 1.82) is 0 Å². The van der Waals surface area contributed by atoms with Gasteiger partial charge in [-0.2, -0.15) is 0 Å². The van der Waals surface area contributed by atoms with E-state index in [0.29, 0.717) is 17.1 Å². The largest absolute Gasteiger partial charge is 0.477 e. The van der Waals surface area contributed by atoms with Crippen molar-refractivity contribution in [1.82, 2.24) is 0 Å². The minimum absolute atomic E-state index is 0.188. The summed E-state index contributed by atoms with van der Waals surface area (Å²) < 4.78 is 18.6. The summed E-state index contributed by atoms with van der Waals surface area (Å²) in [5.74, 6) is -0.602. The standard InChI is InChI=1S/C12H9FO3S/c1-7-2-3-8(4-10(7)13)16-9-5-11(12(14)15)17-6-9/h2-6H,1H3,(H,14,15). The smallest absolute Gasteiger partial charge is 0.346 e. The monoisotopic (exact) mass is 252 g/mol. The molecule has 5 heteroatoms. The first-order valence-electron chi connectivity index (χ1n) is 4.82. The fourth-order valence-corrected chi connectivity index (χ4v) is 1.90. The number of ether oxygens (including phenoxy) is 1. The molecule has 1 aromatic carbocycles. The Bertz CT molecular complexity index is 563. The number of benzene rings is 1. The highest BCUT2D eigenvalue weighted by Gasteiger charge is 2.08. The summed E-state index contributed by atoms with van der Waals surface area (Å²) in [7, 11) is 0. The second-order valence-corrected chi connectivity index (χ2v) is 4.38. The van der Waals surface area contributed by atoms with Crippen molar-refractivity contribution in [3.05, 3.63) is 45.9 Å². The van der Waals surface area contributed by atoms with Gasteiger partial charge in [0.05, 0.1) is 0 Å². The third kappa shape index (κ3) is 2.62. The van der Waals surface area contributed by atoms with Crippen molar-refractivity contribution < 1.29 is 19.0 Å². The molecule has 0 saturated heterocycles. The number of rotatable bonds is 3. The fraction of sp³-hybridized carbons (Fsp3) is 0.0833. The molecule has 0 saturated carbocycles. The predicted octanol–water partition coefficient (Wildman–Crippen LogP) is 3.69. The third-order valence-corrected chi connectivity index (χ3v) is 3.06. The lowest BCUT2D eigenvalue weighted by molar-refractivity contribution is 0.0702. The molecule has 2 aromatic rings. The quantitative estimate of drug-likeness (QED) is 0.906. The first-order chi connectivity index (χ1) is 8.06. The molecule has 1 heterocycles. The molecule has 1 N–H and O–H groups in total. The SMILES string of the molecule is Cc1ccc(Oc2csc(C(=O)O)c2)cc1F. The van der Waals surface area contributed by atoms with E-state index in [0.717, 1.165) is 11.3 Å². The Hall–Kier alpha value is -1.88. The van der Waals surface area contributed by atoms with Crippen LogP contribution in [0.25, 0.3) is 0 Å². The Labute approximate surface area is 101 Å². The summed E-state index contributed by atoms with van der Waals surface area (Å²) in [6, 6.07) is 5.92. The number of carbonyl (C=O) groups is 1. The molecule has 0 fully saturated rings. The molecule has 1 aromatic heterocycles. The summed E-state index contributed by atoms with van der Waals surface area (Å²) in [5.41, 5.74) is 0.536. The van der Waals surface area contributed by atoms with Crippen LogP contribution in [0.3, 0.4) is 0 Å². The van der Waals surface area contributed by atoms with Crippen LogP contribution in [0.15, 0.2) is 29.6 Å². The summed E-state index contributed by atoms with van der Waals surface area (Å²) in [4.78, 5) is 10.8. The highest BCUT2D eigenvalue weighted by molar-refractivity contribution is 7.12. The number of thiophene rings is 1. The van der Waals surface area contributed by atoms with Gasteiger partial charge < -0.3 is 9.84 Å². The van der Waals surface area contributed by atoms with Crippen LogP contribution in [-0.4, -0.2) is 11.1 Å². The fourth-order valence-electron chi connectivity index (χ4n) is 1.26. The van der Waals surface area contributed by atoms with Gasteiger partial charge >= 0.3 is 5.97 Å². The minimum atomic E-state index is -1.00. The number of aryl methyl sites for hydroxylation is 1. The van der Waals surface area contributed by atoms with Gasteiger partial charge in [0, 0.05) is 17.5 Å². The molecule has 0 spiro atoms. The summed E-state index contributed by atoms with van der Waals surface area (Å²) in [5, 5.41) is 10.3. The lowest BCUT2D eigenvalue weighted by atomic mass is 10.2. The van der Waals surface area contributed by atoms with E-state index in [-0.39, 0.29) is 10.7 Å². The van der Waals surface area contributed by atoms with Crippen LogP contribution < -0.4 is 4.74 Å². The number of hydrogen-bond donors (Lipinski definition) is 1. The molecule has 88 valence electrons. The second-order valence-electron chi connectivity index (χ2n) is 3.46.